The first-order valence-corrected chi connectivity index (χ1v) is 23.4. The highest BCUT2D eigenvalue weighted by Crippen LogP contribution is 2.59. The highest BCUT2D eigenvalue weighted by atomic mass is 19.3. The van der Waals surface area contributed by atoms with Crippen molar-refractivity contribution in [3.05, 3.63) is 276 Å². The normalized spacial score (nSPS) is 12.2. The third kappa shape index (κ3) is 8.40. The maximum Gasteiger partial charge on any atom is 0.344 e. The molecule has 0 bridgehead atoms. The van der Waals surface area contributed by atoms with E-state index in [-0.39, 0.29) is 11.5 Å². The molecule has 0 atom stereocenters. The first-order valence-electron chi connectivity index (χ1n) is 23.4. The van der Waals surface area contributed by atoms with Crippen LogP contribution in [-0.2, 0) is 5.41 Å². The summed E-state index contributed by atoms with van der Waals surface area (Å²) < 4.78 is 90.4. The fourth-order valence-electron chi connectivity index (χ4n) is 10.2. The first-order chi connectivity index (χ1) is 35.5. The van der Waals surface area contributed by atoms with E-state index in [4.69, 9.17) is 9.47 Å². The van der Waals surface area contributed by atoms with Crippen molar-refractivity contribution in [1.29, 1.82) is 0 Å². The zero-order valence-corrected chi connectivity index (χ0v) is 39.3. The number of nitrogens with zero attached hydrogens (tertiary/aromatic N) is 2. The summed E-state index contributed by atoms with van der Waals surface area (Å²) in [6.07, 6.45) is -5.10. The van der Waals surface area contributed by atoms with Gasteiger partial charge in [-0.1, -0.05) is 145 Å². The van der Waals surface area contributed by atoms with Gasteiger partial charge in [0.25, 0.3) is 0 Å². The van der Waals surface area contributed by atoms with Crippen LogP contribution in [0.3, 0.4) is 0 Å². The van der Waals surface area contributed by atoms with Gasteiger partial charge in [0.1, 0.15) is 11.5 Å². The average Bonchev–Trinajstić information content (AvgIpc) is 3.70. The maximum absolute atomic E-state index is 14.0. The Kier molecular flexibility index (Phi) is 12.0. The van der Waals surface area contributed by atoms with Gasteiger partial charge in [-0.15, -0.1) is 0 Å². The molecule has 0 heterocycles. The second-order valence-electron chi connectivity index (χ2n) is 17.9. The van der Waals surface area contributed by atoms with Crippen molar-refractivity contribution in [2.24, 2.45) is 0 Å². The van der Waals surface area contributed by atoms with E-state index >= 15 is 0 Å². The van der Waals surface area contributed by atoms with Crippen LogP contribution in [0.1, 0.15) is 33.4 Å². The largest absolute Gasteiger partial charge is 0.428 e. The van der Waals surface area contributed by atoms with Crippen molar-refractivity contribution >= 4 is 55.7 Å². The Balaban J connectivity index is 1.17. The molecule has 73 heavy (non-hydrogen) atoms. The quantitative estimate of drug-likeness (QED) is 0.0900. The summed E-state index contributed by atoms with van der Waals surface area (Å²) in [7, 11) is 0. The van der Waals surface area contributed by atoms with E-state index < -0.39 is 29.6 Å². The minimum Gasteiger partial charge on any atom is -0.428 e. The van der Waals surface area contributed by atoms with Gasteiger partial charge in [-0.3, -0.25) is 0 Å². The second kappa shape index (κ2) is 19.0. The number of ether oxygens (including phenoxy) is 2. The SMILES string of the molecule is Cc1ccc(C2(c3ccc(C)cc3)c3cc(N(c4ccc(OC(F)=C(F)F)cc4)c4cccc5ccccc45)ccc3-c3ccc(N(c4ccc(OC(F)=C(F)F)cc4)c4cccc5ccccc45)cc32)cc1. The zero-order valence-electron chi connectivity index (χ0n) is 39.3. The summed E-state index contributed by atoms with van der Waals surface area (Å²) in [4.78, 5) is 4.22. The standard InChI is InChI=1S/C63H42F6N2O2/c1-39-17-21-43(22-18-39)63(44-23-19-40(2)20-24-44)55-37-47(70(57-15-7-11-41-9-3-5-13-51(41)57)45-25-31-49(32-26-45)72-61(68)59(64)65)29-35-53(55)54-36-30-48(38-56(54)63)71(58-16-8-12-42-10-4-6-14-52(42)58)46-27-33-50(34-28-46)73-62(69)60(66)67/h3-38H,1-2H3. The summed E-state index contributed by atoms with van der Waals surface area (Å²) >= 11 is 0. The number of hydrogen-bond acceptors (Lipinski definition) is 4. The highest BCUT2D eigenvalue weighted by Gasteiger charge is 2.47. The van der Waals surface area contributed by atoms with E-state index in [0.29, 0.717) is 11.4 Å². The van der Waals surface area contributed by atoms with E-state index in [1.165, 1.54) is 24.3 Å². The van der Waals surface area contributed by atoms with Gasteiger partial charge >= 0.3 is 24.2 Å². The summed E-state index contributed by atoms with van der Waals surface area (Å²) in [6, 6.07) is 67.1. The van der Waals surface area contributed by atoms with Crippen LogP contribution < -0.4 is 19.3 Å². The van der Waals surface area contributed by atoms with Crippen LogP contribution in [0.5, 0.6) is 11.5 Å². The van der Waals surface area contributed by atoms with Gasteiger partial charge in [0, 0.05) is 33.5 Å². The average molecular weight is 973 g/mol. The van der Waals surface area contributed by atoms with Gasteiger partial charge in [-0.25, -0.2) is 0 Å². The van der Waals surface area contributed by atoms with E-state index in [1.54, 1.807) is 24.3 Å². The van der Waals surface area contributed by atoms with Crippen molar-refractivity contribution in [3.63, 3.8) is 0 Å². The number of rotatable bonds is 12. The molecule has 10 aromatic carbocycles. The van der Waals surface area contributed by atoms with Crippen LogP contribution >= 0.6 is 0 Å². The van der Waals surface area contributed by atoms with Gasteiger partial charge in [-0.05, 0) is 143 Å². The highest BCUT2D eigenvalue weighted by molar-refractivity contribution is 6.01. The predicted molar refractivity (Wildman–Crippen MR) is 280 cm³/mol. The lowest BCUT2D eigenvalue weighted by molar-refractivity contribution is 0.241. The van der Waals surface area contributed by atoms with Gasteiger partial charge in [0.15, 0.2) is 0 Å². The fourth-order valence-corrected chi connectivity index (χ4v) is 10.2. The lowest BCUT2D eigenvalue weighted by Crippen LogP contribution is -2.29. The molecule has 0 aliphatic heterocycles. The number of hydrogen-bond donors (Lipinski definition) is 0. The molecule has 4 nitrogen and oxygen atoms in total. The van der Waals surface area contributed by atoms with Crippen molar-refractivity contribution in [3.8, 4) is 22.6 Å². The number of halogens is 6. The number of aryl methyl sites for hydroxylation is 2. The van der Waals surface area contributed by atoms with Crippen LogP contribution in [0.2, 0.25) is 0 Å². The molecule has 1 aliphatic rings. The van der Waals surface area contributed by atoms with Crippen molar-refractivity contribution < 1.29 is 35.8 Å². The second-order valence-corrected chi connectivity index (χ2v) is 17.9. The summed E-state index contributed by atoms with van der Waals surface area (Å²) in [5.41, 5.74) is 11.8. The molecule has 0 saturated carbocycles. The van der Waals surface area contributed by atoms with Crippen LogP contribution in [0.15, 0.2) is 243 Å². The van der Waals surface area contributed by atoms with Gasteiger partial charge in [0.05, 0.1) is 16.8 Å². The fraction of sp³-hybridized carbons (Fsp3) is 0.0476. The monoisotopic (exact) mass is 972 g/mol. The van der Waals surface area contributed by atoms with Crippen LogP contribution in [0, 0.1) is 13.8 Å². The summed E-state index contributed by atoms with van der Waals surface area (Å²) in [6.45, 7) is 4.12. The Morgan fingerprint density at radius 3 is 1.11 bits per heavy atom. The number of anilines is 6. The van der Waals surface area contributed by atoms with Crippen molar-refractivity contribution in [2.75, 3.05) is 9.80 Å². The van der Waals surface area contributed by atoms with Gasteiger partial charge in [-0.2, -0.15) is 26.3 Å². The van der Waals surface area contributed by atoms with Crippen molar-refractivity contribution in [1.82, 2.24) is 0 Å². The van der Waals surface area contributed by atoms with E-state index in [2.05, 4.69) is 121 Å². The lowest BCUT2D eigenvalue weighted by atomic mass is 9.67. The maximum atomic E-state index is 14.0. The molecule has 0 fully saturated rings. The topological polar surface area (TPSA) is 24.9 Å². The molecule has 0 N–H and O–H groups in total. The molecule has 1 aliphatic carbocycles. The van der Waals surface area contributed by atoms with E-state index in [0.717, 1.165) is 88.8 Å². The Morgan fingerprint density at radius 1 is 0.370 bits per heavy atom. The van der Waals surface area contributed by atoms with Gasteiger partial charge < -0.3 is 19.3 Å². The number of fused-ring (bicyclic) bond motifs is 5. The smallest absolute Gasteiger partial charge is 0.344 e. The summed E-state index contributed by atoms with van der Waals surface area (Å²) in [5.74, 6) is -0.185. The molecule has 0 aromatic heterocycles. The van der Waals surface area contributed by atoms with Crippen LogP contribution in [0.4, 0.5) is 60.5 Å². The zero-order chi connectivity index (χ0) is 50.4. The Morgan fingerprint density at radius 2 is 0.726 bits per heavy atom. The first kappa shape index (κ1) is 46.4. The Labute approximate surface area is 417 Å². The van der Waals surface area contributed by atoms with Crippen LogP contribution in [0.25, 0.3) is 32.7 Å². The molecular weight excluding hydrogens is 931 g/mol. The van der Waals surface area contributed by atoms with Crippen molar-refractivity contribution in [2.45, 2.75) is 19.3 Å². The van der Waals surface area contributed by atoms with Gasteiger partial charge in [0.2, 0.25) is 0 Å². The Bertz CT molecular complexity index is 3510. The molecule has 0 unspecified atom stereocenters. The number of benzene rings is 10. The van der Waals surface area contributed by atoms with E-state index in [1.807, 2.05) is 72.8 Å². The third-order valence-corrected chi connectivity index (χ3v) is 13.5. The molecule has 0 saturated heterocycles. The molecule has 358 valence electrons. The molecule has 11 rings (SSSR count). The molecule has 0 spiro atoms. The molecule has 10 heteroatoms. The summed E-state index contributed by atoms with van der Waals surface area (Å²) in [5, 5.41) is 3.92. The molecular formula is C63H42F6N2O2. The Hall–Kier alpha value is -9.02. The molecule has 10 aromatic rings. The molecule has 0 amide bonds. The minimum atomic E-state index is -2.55. The van der Waals surface area contributed by atoms with Crippen LogP contribution in [-0.4, -0.2) is 0 Å². The predicted octanol–water partition coefficient (Wildman–Crippen LogP) is 18.7. The molecule has 0 radical (unpaired) electrons. The minimum absolute atomic E-state index is 0.0926. The third-order valence-electron chi connectivity index (χ3n) is 13.5. The lowest BCUT2D eigenvalue weighted by Gasteiger charge is -2.36. The van der Waals surface area contributed by atoms with E-state index in [9.17, 15) is 26.3 Å².